The molecule has 0 rings (SSSR count). The van der Waals surface area contributed by atoms with Crippen molar-refractivity contribution in [3.63, 3.8) is 0 Å². The zero-order valence-electron chi connectivity index (χ0n) is 11.8. The molecule has 2 amide bonds. The number of amides is 2. The van der Waals surface area contributed by atoms with Crippen LogP contribution in [0.25, 0.3) is 0 Å². The normalized spacial score (nSPS) is 12.7. The number of aliphatic carboxylic acids is 1. The second kappa shape index (κ2) is 9.54. The maximum absolute atomic E-state index is 11.5. The van der Waals surface area contributed by atoms with Crippen molar-refractivity contribution >= 4 is 21.8 Å². The van der Waals surface area contributed by atoms with Gasteiger partial charge in [-0.3, -0.25) is 0 Å². The molecule has 9 heteroatoms. The SMILES string of the molecule is CCNCCCNC(=O)NC(CCS(C)(=O)=O)C(=O)O. The lowest BCUT2D eigenvalue weighted by molar-refractivity contribution is -0.139. The van der Waals surface area contributed by atoms with Crippen LogP contribution in [-0.2, 0) is 14.6 Å². The molecule has 1 unspecified atom stereocenters. The average Bonchev–Trinajstić information content (AvgIpc) is 2.32. The summed E-state index contributed by atoms with van der Waals surface area (Å²) < 4.78 is 22.0. The van der Waals surface area contributed by atoms with E-state index in [0.29, 0.717) is 6.54 Å². The number of sulfone groups is 1. The Kier molecular flexibility index (Phi) is 8.89. The Morgan fingerprint density at radius 2 is 1.90 bits per heavy atom. The van der Waals surface area contributed by atoms with Gasteiger partial charge in [-0.15, -0.1) is 0 Å². The van der Waals surface area contributed by atoms with E-state index in [1.165, 1.54) is 0 Å². The van der Waals surface area contributed by atoms with Gasteiger partial charge in [-0.05, 0) is 25.9 Å². The van der Waals surface area contributed by atoms with Crippen LogP contribution in [-0.4, -0.2) is 63.2 Å². The van der Waals surface area contributed by atoms with Crippen molar-refractivity contribution in [2.45, 2.75) is 25.8 Å². The first kappa shape index (κ1) is 18.7. The molecule has 118 valence electrons. The fourth-order valence-corrected chi connectivity index (χ4v) is 2.05. The molecule has 0 fully saturated rings. The molecule has 0 spiro atoms. The van der Waals surface area contributed by atoms with Gasteiger partial charge >= 0.3 is 12.0 Å². The predicted molar refractivity (Wildman–Crippen MR) is 75.4 cm³/mol. The lowest BCUT2D eigenvalue weighted by atomic mass is 10.2. The fourth-order valence-electron chi connectivity index (χ4n) is 1.39. The van der Waals surface area contributed by atoms with Gasteiger partial charge in [-0.2, -0.15) is 0 Å². The van der Waals surface area contributed by atoms with Crippen molar-refractivity contribution in [2.24, 2.45) is 0 Å². The molecule has 0 saturated heterocycles. The molecule has 1 atom stereocenters. The molecule has 20 heavy (non-hydrogen) atoms. The number of carbonyl (C=O) groups excluding carboxylic acids is 1. The van der Waals surface area contributed by atoms with Crippen LogP contribution >= 0.6 is 0 Å². The van der Waals surface area contributed by atoms with Gasteiger partial charge in [0.25, 0.3) is 0 Å². The quantitative estimate of drug-likeness (QED) is 0.391. The number of hydrogen-bond acceptors (Lipinski definition) is 5. The first-order chi connectivity index (χ1) is 9.26. The van der Waals surface area contributed by atoms with Gasteiger partial charge in [0.1, 0.15) is 15.9 Å². The highest BCUT2D eigenvalue weighted by molar-refractivity contribution is 7.90. The molecule has 0 heterocycles. The lowest BCUT2D eigenvalue weighted by Crippen LogP contribution is -2.47. The number of carboxylic acids is 1. The number of urea groups is 1. The summed E-state index contributed by atoms with van der Waals surface area (Å²) in [5, 5.41) is 16.8. The lowest BCUT2D eigenvalue weighted by Gasteiger charge is -2.14. The van der Waals surface area contributed by atoms with Gasteiger partial charge in [-0.25, -0.2) is 18.0 Å². The largest absolute Gasteiger partial charge is 0.480 e. The van der Waals surface area contributed by atoms with Gasteiger partial charge in [-0.1, -0.05) is 6.92 Å². The second-order valence-corrected chi connectivity index (χ2v) is 6.68. The highest BCUT2D eigenvalue weighted by atomic mass is 32.2. The molecule has 0 aliphatic carbocycles. The molecule has 0 aromatic rings. The summed E-state index contributed by atoms with van der Waals surface area (Å²) in [4.78, 5) is 22.4. The molecule has 0 bridgehead atoms. The van der Waals surface area contributed by atoms with E-state index >= 15 is 0 Å². The number of hydrogen-bond donors (Lipinski definition) is 4. The molecule has 0 aromatic carbocycles. The summed E-state index contributed by atoms with van der Waals surface area (Å²) in [5.41, 5.74) is 0. The minimum atomic E-state index is -3.26. The van der Waals surface area contributed by atoms with E-state index < -0.39 is 27.9 Å². The monoisotopic (exact) mass is 309 g/mol. The third-order valence-electron chi connectivity index (χ3n) is 2.45. The maximum Gasteiger partial charge on any atom is 0.326 e. The highest BCUT2D eigenvalue weighted by Gasteiger charge is 2.21. The summed E-state index contributed by atoms with van der Waals surface area (Å²) in [6, 6.07) is -1.82. The van der Waals surface area contributed by atoms with E-state index in [0.717, 1.165) is 25.8 Å². The molecular weight excluding hydrogens is 286 g/mol. The van der Waals surface area contributed by atoms with Crippen LogP contribution in [0.3, 0.4) is 0 Å². The Morgan fingerprint density at radius 1 is 1.25 bits per heavy atom. The first-order valence-electron chi connectivity index (χ1n) is 6.42. The molecular formula is C11H23N3O5S. The maximum atomic E-state index is 11.5. The molecule has 0 aliphatic heterocycles. The molecule has 0 aliphatic rings. The zero-order valence-corrected chi connectivity index (χ0v) is 12.6. The van der Waals surface area contributed by atoms with E-state index in [9.17, 15) is 18.0 Å². The minimum Gasteiger partial charge on any atom is -0.480 e. The van der Waals surface area contributed by atoms with Gasteiger partial charge < -0.3 is 21.1 Å². The average molecular weight is 309 g/mol. The van der Waals surface area contributed by atoms with Crippen LogP contribution < -0.4 is 16.0 Å². The van der Waals surface area contributed by atoms with E-state index in [1.54, 1.807) is 0 Å². The summed E-state index contributed by atoms with van der Waals surface area (Å²) in [6.07, 6.45) is 1.59. The van der Waals surface area contributed by atoms with Crippen molar-refractivity contribution in [3.05, 3.63) is 0 Å². The van der Waals surface area contributed by atoms with Crippen LogP contribution in [0, 0.1) is 0 Å². The molecule has 4 N–H and O–H groups in total. The van der Waals surface area contributed by atoms with E-state index in [-0.39, 0.29) is 12.2 Å². The zero-order chi connectivity index (χ0) is 15.6. The Morgan fingerprint density at radius 3 is 2.40 bits per heavy atom. The molecule has 0 radical (unpaired) electrons. The van der Waals surface area contributed by atoms with Crippen LogP contribution in [0.1, 0.15) is 19.8 Å². The van der Waals surface area contributed by atoms with Crippen LogP contribution in [0.15, 0.2) is 0 Å². The van der Waals surface area contributed by atoms with Crippen molar-refractivity contribution in [2.75, 3.05) is 31.6 Å². The number of carbonyl (C=O) groups is 2. The van der Waals surface area contributed by atoms with Crippen molar-refractivity contribution in [3.8, 4) is 0 Å². The topological polar surface area (TPSA) is 125 Å². The second-order valence-electron chi connectivity index (χ2n) is 4.42. The van der Waals surface area contributed by atoms with Crippen molar-refractivity contribution in [1.29, 1.82) is 0 Å². The number of carboxylic acid groups (broad SMARTS) is 1. The summed E-state index contributed by atoms with van der Waals surface area (Å²) in [5.74, 6) is -1.54. The number of nitrogens with one attached hydrogen (secondary N) is 3. The van der Waals surface area contributed by atoms with E-state index in [4.69, 9.17) is 5.11 Å². The van der Waals surface area contributed by atoms with Gasteiger partial charge in [0.2, 0.25) is 0 Å². The van der Waals surface area contributed by atoms with Crippen molar-refractivity contribution in [1.82, 2.24) is 16.0 Å². The van der Waals surface area contributed by atoms with Gasteiger partial charge in [0, 0.05) is 12.8 Å². The minimum absolute atomic E-state index is 0.154. The Balaban J connectivity index is 4.05. The molecule has 8 nitrogen and oxygen atoms in total. The third-order valence-corrected chi connectivity index (χ3v) is 3.42. The summed E-state index contributed by atoms with van der Waals surface area (Å²) >= 11 is 0. The Hall–Kier alpha value is -1.35. The summed E-state index contributed by atoms with van der Waals surface area (Å²) in [6.45, 7) is 3.99. The Labute approximate surface area is 119 Å². The summed E-state index contributed by atoms with van der Waals surface area (Å²) in [7, 11) is -3.26. The fraction of sp³-hybridized carbons (Fsp3) is 0.818. The number of rotatable bonds is 10. The molecule has 0 aromatic heterocycles. The standard InChI is InChI=1S/C11H23N3O5S/c1-3-12-6-4-7-13-11(17)14-9(10(15)16)5-8-20(2,18)19/h9,12H,3-8H2,1-2H3,(H,15,16)(H2,13,14,17). The Bertz CT molecular complexity index is 410. The first-order valence-corrected chi connectivity index (χ1v) is 8.48. The van der Waals surface area contributed by atoms with Crippen molar-refractivity contribution < 1.29 is 23.1 Å². The van der Waals surface area contributed by atoms with Crippen LogP contribution in [0.5, 0.6) is 0 Å². The smallest absolute Gasteiger partial charge is 0.326 e. The third kappa shape index (κ3) is 10.6. The van der Waals surface area contributed by atoms with Gasteiger partial charge in [0.15, 0.2) is 0 Å². The predicted octanol–water partition coefficient (Wildman–Crippen LogP) is -0.827. The van der Waals surface area contributed by atoms with Gasteiger partial charge in [0.05, 0.1) is 5.75 Å². The van der Waals surface area contributed by atoms with E-state index in [2.05, 4.69) is 16.0 Å². The molecule has 0 saturated carbocycles. The highest BCUT2D eigenvalue weighted by Crippen LogP contribution is 1.97. The van der Waals surface area contributed by atoms with Crippen LogP contribution in [0.4, 0.5) is 4.79 Å². The van der Waals surface area contributed by atoms with E-state index in [1.807, 2.05) is 6.92 Å². The van der Waals surface area contributed by atoms with Crippen LogP contribution in [0.2, 0.25) is 0 Å².